The summed E-state index contributed by atoms with van der Waals surface area (Å²) in [5.74, 6) is -12.5. The Morgan fingerprint density at radius 1 is 0.698 bits per heavy atom. The Kier molecular flexibility index (Phi) is 12.3. The van der Waals surface area contributed by atoms with Gasteiger partial charge in [0.15, 0.2) is 40.8 Å². The molecule has 6 rings (SSSR count). The number of carbonyl (C=O) groups excluding carboxylic acids is 6. The zero-order valence-electron chi connectivity index (χ0n) is 33.6. The summed E-state index contributed by atoms with van der Waals surface area (Å²) in [6, 6.07) is 7.44. The molecule has 3 N–H and O–H groups in total. The second kappa shape index (κ2) is 17.5. The largest absolute Gasteiger partial charge is 0.495 e. The van der Waals surface area contributed by atoms with Crippen LogP contribution in [0.5, 0.6) is 28.7 Å². The minimum atomic E-state index is -2.13. The van der Waals surface area contributed by atoms with Gasteiger partial charge in [-0.15, -0.1) is 0 Å². The monoisotopic (exact) mass is 876 g/mol. The molecule has 0 bridgehead atoms. The molecule has 2 aliphatic rings. The third-order valence-corrected chi connectivity index (χ3v) is 9.53. The minimum absolute atomic E-state index is 0.00344. The molecule has 2 unspecified atom stereocenters. The molecule has 19 nitrogen and oxygen atoms in total. The standard InChI is InChI=1S/C42H34F2N2O17/c1-18(47)58-16-31(39(52)53)46(32(40(54)55)17-59-19(2)48)30-9-7-23(11-37(30)57-5)45-38(51)22-6-8-25-24(10-22)41(56)63-42(25)26-12-28(43)35(60-20(3)49)14-33(26)62-34-15-36(61-21(4)50)29(44)13-27(34)42/h6-15,31-32H,16-17H2,1-5H3,(H,45,51)(H,52,53)(H,54,55). The van der Waals surface area contributed by atoms with E-state index in [1.165, 1.54) is 30.3 Å². The molecule has 21 heteroatoms. The van der Waals surface area contributed by atoms with Gasteiger partial charge >= 0.3 is 41.8 Å². The van der Waals surface area contributed by atoms with E-state index in [0.717, 1.165) is 70.0 Å². The molecule has 0 aromatic heterocycles. The van der Waals surface area contributed by atoms with Crippen molar-refractivity contribution in [3.8, 4) is 28.7 Å². The fraction of sp³-hybridized carbons (Fsp3) is 0.238. The predicted molar refractivity (Wildman–Crippen MR) is 207 cm³/mol. The highest BCUT2D eigenvalue weighted by Gasteiger charge is 2.55. The molecule has 0 aliphatic carbocycles. The number of nitrogens with zero attached hydrogens (tertiary/aromatic N) is 1. The van der Waals surface area contributed by atoms with Gasteiger partial charge in [-0.25, -0.2) is 23.2 Å². The number of anilines is 2. The van der Waals surface area contributed by atoms with Gasteiger partial charge in [-0.05, 0) is 36.4 Å². The summed E-state index contributed by atoms with van der Waals surface area (Å²) in [4.78, 5) is 100. The Hall–Kier alpha value is -8.10. The number of aliphatic carboxylic acids is 2. The summed E-state index contributed by atoms with van der Waals surface area (Å²) in [6.45, 7) is 2.41. The summed E-state index contributed by atoms with van der Waals surface area (Å²) in [7, 11) is 1.16. The SMILES string of the molecule is COc1cc(NC(=O)c2ccc3c(c2)C(=O)OC32c3cc(F)c(OC(C)=O)cc3Oc3cc(OC(C)=O)c(F)cc32)ccc1N(C(COC(C)=O)C(=O)O)C(COC(C)=O)C(=O)O. The Bertz CT molecular complexity index is 2520. The van der Waals surface area contributed by atoms with E-state index in [4.69, 9.17) is 33.2 Å². The average molecular weight is 877 g/mol. The lowest BCUT2D eigenvalue weighted by Crippen LogP contribution is -2.55. The molecule has 2 atom stereocenters. The Labute approximate surface area is 353 Å². The van der Waals surface area contributed by atoms with Crippen LogP contribution in [0.4, 0.5) is 20.2 Å². The van der Waals surface area contributed by atoms with E-state index in [2.05, 4.69) is 5.32 Å². The third kappa shape index (κ3) is 8.74. The normalized spacial score (nSPS) is 13.7. The molecule has 0 fully saturated rings. The fourth-order valence-corrected chi connectivity index (χ4v) is 6.99. The van der Waals surface area contributed by atoms with E-state index in [1.54, 1.807) is 0 Å². The number of fused-ring (bicyclic) bond motifs is 6. The molecule has 4 aromatic carbocycles. The quantitative estimate of drug-likeness (QED) is 0.0896. The van der Waals surface area contributed by atoms with E-state index in [0.29, 0.717) is 0 Å². The van der Waals surface area contributed by atoms with Gasteiger partial charge in [0.1, 0.15) is 30.5 Å². The van der Waals surface area contributed by atoms with Gasteiger partial charge in [0.2, 0.25) is 0 Å². The van der Waals surface area contributed by atoms with Crippen LogP contribution in [-0.4, -0.2) is 90.3 Å². The second-order valence-electron chi connectivity index (χ2n) is 13.7. The number of carboxylic acids is 2. The van der Waals surface area contributed by atoms with Gasteiger partial charge in [0.25, 0.3) is 5.91 Å². The first-order valence-electron chi connectivity index (χ1n) is 18.4. The van der Waals surface area contributed by atoms with E-state index < -0.39 is 102 Å². The minimum Gasteiger partial charge on any atom is -0.495 e. The summed E-state index contributed by atoms with van der Waals surface area (Å²) in [5, 5.41) is 22.8. The highest BCUT2D eigenvalue weighted by Crippen LogP contribution is 2.58. The molecule has 63 heavy (non-hydrogen) atoms. The Balaban J connectivity index is 1.40. The lowest BCUT2D eigenvalue weighted by Gasteiger charge is -2.36. The van der Waals surface area contributed by atoms with Gasteiger partial charge in [-0.3, -0.25) is 24.0 Å². The number of esters is 5. The van der Waals surface area contributed by atoms with E-state index in [1.807, 2.05) is 0 Å². The number of nitrogens with one attached hydrogen (secondary N) is 1. The zero-order chi connectivity index (χ0) is 46.1. The first kappa shape index (κ1) is 44.5. The maximum absolute atomic E-state index is 15.5. The van der Waals surface area contributed by atoms with Crippen LogP contribution in [0.2, 0.25) is 0 Å². The van der Waals surface area contributed by atoms with Gasteiger partial charge in [-0.1, -0.05) is 6.07 Å². The van der Waals surface area contributed by atoms with Crippen molar-refractivity contribution in [2.75, 3.05) is 30.5 Å². The highest BCUT2D eigenvalue weighted by atomic mass is 19.1. The van der Waals surface area contributed by atoms with Gasteiger partial charge in [-0.2, -0.15) is 0 Å². The lowest BCUT2D eigenvalue weighted by molar-refractivity contribution is -0.148. The van der Waals surface area contributed by atoms with Gasteiger partial charge in [0.05, 0.1) is 29.5 Å². The number of benzene rings is 4. The van der Waals surface area contributed by atoms with Crippen molar-refractivity contribution in [2.45, 2.75) is 45.4 Å². The van der Waals surface area contributed by atoms with Crippen molar-refractivity contribution in [2.24, 2.45) is 0 Å². The number of rotatable bonds is 14. The first-order valence-corrected chi connectivity index (χ1v) is 18.4. The lowest BCUT2D eigenvalue weighted by atomic mass is 9.77. The number of ether oxygens (including phenoxy) is 7. The predicted octanol–water partition coefficient (Wildman–Crippen LogP) is 4.48. The maximum atomic E-state index is 15.5. The molecular weight excluding hydrogens is 842 g/mol. The summed E-state index contributed by atoms with van der Waals surface area (Å²) in [5.41, 5.74) is -3.00. The average Bonchev–Trinajstić information content (AvgIpc) is 3.49. The molecule has 0 saturated carbocycles. The van der Waals surface area contributed by atoms with Crippen LogP contribution in [0.15, 0.2) is 60.7 Å². The summed E-state index contributed by atoms with van der Waals surface area (Å²) in [6.07, 6.45) is 0. The molecule has 1 amide bonds. The number of methoxy groups -OCH3 is 1. The van der Waals surface area contributed by atoms with Crippen LogP contribution in [0.3, 0.4) is 0 Å². The number of carboxylic acid groups (broad SMARTS) is 2. The number of hydrogen-bond donors (Lipinski definition) is 3. The Morgan fingerprint density at radius 2 is 1.22 bits per heavy atom. The summed E-state index contributed by atoms with van der Waals surface area (Å²) < 4.78 is 68.2. The Morgan fingerprint density at radius 3 is 1.68 bits per heavy atom. The molecule has 328 valence electrons. The van der Waals surface area contributed by atoms with Crippen molar-refractivity contribution in [1.82, 2.24) is 0 Å². The number of amides is 1. The van der Waals surface area contributed by atoms with Crippen molar-refractivity contribution in [3.05, 3.63) is 100 Å². The molecule has 0 radical (unpaired) electrons. The van der Waals surface area contributed by atoms with Crippen LogP contribution in [0.1, 0.15) is 65.1 Å². The number of halogens is 2. The number of carbonyl (C=O) groups is 8. The van der Waals surface area contributed by atoms with E-state index in [-0.39, 0.29) is 56.4 Å². The maximum Gasteiger partial charge on any atom is 0.340 e. The molecule has 2 heterocycles. The van der Waals surface area contributed by atoms with Crippen molar-refractivity contribution >= 4 is 59.1 Å². The van der Waals surface area contributed by atoms with Crippen molar-refractivity contribution < 1.29 is 90.5 Å². The molecule has 0 saturated heterocycles. The van der Waals surface area contributed by atoms with Crippen LogP contribution in [0.25, 0.3) is 0 Å². The van der Waals surface area contributed by atoms with Crippen molar-refractivity contribution in [3.63, 3.8) is 0 Å². The van der Waals surface area contributed by atoms with Crippen LogP contribution in [-0.2, 0) is 48.6 Å². The summed E-state index contributed by atoms with van der Waals surface area (Å²) >= 11 is 0. The molecule has 4 aromatic rings. The van der Waals surface area contributed by atoms with Crippen LogP contribution < -0.4 is 29.2 Å². The van der Waals surface area contributed by atoms with Gasteiger partial charge in [0, 0.05) is 62.7 Å². The van der Waals surface area contributed by atoms with Crippen molar-refractivity contribution in [1.29, 1.82) is 0 Å². The molecule has 1 spiro atoms. The second-order valence-corrected chi connectivity index (χ2v) is 13.7. The molecular formula is C42H34F2N2O17. The number of hydrogen-bond acceptors (Lipinski definition) is 16. The zero-order valence-corrected chi connectivity index (χ0v) is 33.6. The van der Waals surface area contributed by atoms with E-state index >= 15 is 8.78 Å². The van der Waals surface area contributed by atoms with E-state index in [9.17, 15) is 48.6 Å². The van der Waals surface area contributed by atoms with Crippen LogP contribution in [0, 0.1) is 11.6 Å². The van der Waals surface area contributed by atoms with Crippen LogP contribution >= 0.6 is 0 Å². The van der Waals surface area contributed by atoms with Gasteiger partial charge < -0.3 is 53.6 Å². The smallest absolute Gasteiger partial charge is 0.340 e. The third-order valence-electron chi connectivity index (χ3n) is 9.53. The molecule has 2 aliphatic heterocycles. The highest BCUT2D eigenvalue weighted by molar-refractivity contribution is 6.07. The fourth-order valence-electron chi connectivity index (χ4n) is 6.99. The first-order chi connectivity index (χ1) is 29.7. The topological polar surface area (TPSA) is 257 Å².